The molecule has 7 nitrogen and oxygen atoms in total. The first kappa shape index (κ1) is 28.1. The van der Waals surface area contributed by atoms with E-state index in [1.54, 1.807) is 31.9 Å². The molecule has 3 atom stereocenters. The van der Waals surface area contributed by atoms with Crippen molar-refractivity contribution in [1.82, 2.24) is 15.1 Å². The van der Waals surface area contributed by atoms with E-state index in [9.17, 15) is 14.4 Å². The second-order valence-electron chi connectivity index (χ2n) is 9.83. The van der Waals surface area contributed by atoms with E-state index in [0.717, 1.165) is 25.8 Å². The molecule has 1 unspecified atom stereocenters. The number of rotatable bonds is 10. The Hall–Kier alpha value is -1.89. The number of hydrogen-bond donors (Lipinski definition) is 1. The van der Waals surface area contributed by atoms with E-state index in [1.807, 2.05) is 27.7 Å². The van der Waals surface area contributed by atoms with E-state index < -0.39 is 6.04 Å². The van der Waals surface area contributed by atoms with Gasteiger partial charge in [0, 0.05) is 18.7 Å². The summed E-state index contributed by atoms with van der Waals surface area (Å²) >= 11 is 0. The van der Waals surface area contributed by atoms with Gasteiger partial charge in [-0.3, -0.25) is 14.5 Å². The molecule has 0 aromatic rings. The monoisotopic (exact) mass is 451 g/mol. The van der Waals surface area contributed by atoms with E-state index >= 15 is 0 Å². The minimum Gasteiger partial charge on any atom is -0.463 e. The zero-order chi connectivity index (χ0) is 24.6. The van der Waals surface area contributed by atoms with Crippen molar-refractivity contribution in [1.29, 1.82) is 0 Å². The third-order valence-electron chi connectivity index (χ3n) is 6.24. The molecule has 32 heavy (non-hydrogen) atoms. The summed E-state index contributed by atoms with van der Waals surface area (Å²) in [5.74, 6) is -0.566. The largest absolute Gasteiger partial charge is 0.463 e. The summed E-state index contributed by atoms with van der Waals surface area (Å²) in [7, 11) is 1.74. The first-order valence-electron chi connectivity index (χ1n) is 12.1. The Morgan fingerprint density at radius 1 is 1.09 bits per heavy atom. The molecule has 0 saturated carbocycles. The summed E-state index contributed by atoms with van der Waals surface area (Å²) in [4.78, 5) is 42.7. The molecule has 1 fully saturated rings. The van der Waals surface area contributed by atoms with Crippen LogP contribution in [0.3, 0.4) is 0 Å². The number of esters is 1. The lowest BCUT2D eigenvalue weighted by Gasteiger charge is -2.39. The number of hydrogen-bond acceptors (Lipinski definition) is 5. The third kappa shape index (κ3) is 7.61. The predicted molar refractivity (Wildman–Crippen MR) is 128 cm³/mol. The van der Waals surface area contributed by atoms with Gasteiger partial charge in [-0.05, 0) is 58.9 Å². The van der Waals surface area contributed by atoms with E-state index in [2.05, 4.69) is 24.1 Å². The molecule has 0 aromatic heterocycles. The van der Waals surface area contributed by atoms with Crippen LogP contribution in [0.5, 0.6) is 0 Å². The fourth-order valence-corrected chi connectivity index (χ4v) is 4.30. The van der Waals surface area contributed by atoms with E-state index in [4.69, 9.17) is 4.74 Å². The van der Waals surface area contributed by atoms with E-state index in [0.29, 0.717) is 12.2 Å². The van der Waals surface area contributed by atoms with Crippen molar-refractivity contribution >= 4 is 17.8 Å². The van der Waals surface area contributed by atoms with Gasteiger partial charge < -0.3 is 15.0 Å². The summed E-state index contributed by atoms with van der Waals surface area (Å²) in [6, 6.07) is -0.828. The maximum absolute atomic E-state index is 13.5. The van der Waals surface area contributed by atoms with Crippen LogP contribution in [-0.4, -0.2) is 72.0 Å². The molecular formula is C25H45N3O4. The van der Waals surface area contributed by atoms with Crippen LogP contribution < -0.4 is 5.32 Å². The Balaban J connectivity index is 3.05. The van der Waals surface area contributed by atoms with Crippen LogP contribution in [0, 0.1) is 11.8 Å². The van der Waals surface area contributed by atoms with Gasteiger partial charge in [-0.25, -0.2) is 4.79 Å². The van der Waals surface area contributed by atoms with Gasteiger partial charge >= 0.3 is 5.97 Å². The number of carbonyl (C=O) groups is 3. The van der Waals surface area contributed by atoms with Gasteiger partial charge in [-0.2, -0.15) is 0 Å². The number of nitrogens with one attached hydrogen (secondary N) is 1. The lowest BCUT2D eigenvalue weighted by Crippen LogP contribution is -2.58. The first-order chi connectivity index (χ1) is 14.9. The smallest absolute Gasteiger partial charge is 0.333 e. The normalized spacial score (nSPS) is 19.8. The number of likely N-dealkylation sites (N-methyl/N-ethyl adjacent to an activating group) is 1. The zero-order valence-electron chi connectivity index (χ0n) is 21.6. The Kier molecular flexibility index (Phi) is 11.4. The van der Waals surface area contributed by atoms with E-state index in [1.165, 1.54) is 0 Å². The minimum atomic E-state index is -0.624. The number of likely N-dealkylation sites (tertiary alicyclic amines) is 1. The van der Waals surface area contributed by atoms with Gasteiger partial charge in [0.1, 0.15) is 6.04 Å². The van der Waals surface area contributed by atoms with Crippen molar-refractivity contribution in [3.63, 3.8) is 0 Å². The van der Waals surface area contributed by atoms with Crippen molar-refractivity contribution in [3.8, 4) is 0 Å². The maximum atomic E-state index is 13.5. The molecule has 7 heteroatoms. The summed E-state index contributed by atoms with van der Waals surface area (Å²) in [6.45, 7) is 16.8. The average Bonchev–Trinajstić information content (AvgIpc) is 2.74. The summed E-state index contributed by atoms with van der Waals surface area (Å²) in [5.41, 5.74) is 0.477. The molecule has 1 aliphatic heterocycles. The number of ether oxygens (including phenoxy) is 1. The molecule has 184 valence electrons. The molecule has 0 spiro atoms. The fraction of sp³-hybridized carbons (Fsp3) is 0.800. The summed E-state index contributed by atoms with van der Waals surface area (Å²) in [5, 5.41) is 3.06. The van der Waals surface area contributed by atoms with Crippen LogP contribution in [0.2, 0.25) is 0 Å². The van der Waals surface area contributed by atoms with Gasteiger partial charge in [0.15, 0.2) is 0 Å². The Bertz CT molecular complexity index is 672. The molecule has 2 amide bonds. The Labute approximate surface area is 194 Å². The number of piperidine rings is 1. The van der Waals surface area contributed by atoms with Crippen molar-refractivity contribution in [2.24, 2.45) is 11.8 Å². The third-order valence-corrected chi connectivity index (χ3v) is 6.24. The molecule has 0 radical (unpaired) electrons. The number of carbonyl (C=O) groups excluding carboxylic acids is 3. The van der Waals surface area contributed by atoms with Crippen LogP contribution in [0.15, 0.2) is 11.6 Å². The van der Waals surface area contributed by atoms with Gasteiger partial charge in [-0.1, -0.05) is 40.2 Å². The van der Waals surface area contributed by atoms with Crippen molar-refractivity contribution in [2.45, 2.75) is 98.8 Å². The SMILES string of the molecule is CCOC(=O)C(C)=C[C@H](C(C)C)N(C)C(=O)[C@@H](NC(=O)C1CCCCN1C(C)C)C(C)C. The Morgan fingerprint density at radius 2 is 1.72 bits per heavy atom. The van der Waals surface area contributed by atoms with Gasteiger partial charge in [0.2, 0.25) is 11.8 Å². The number of amides is 2. The molecule has 1 N–H and O–H groups in total. The molecule has 1 aliphatic rings. The maximum Gasteiger partial charge on any atom is 0.333 e. The van der Waals surface area contributed by atoms with E-state index in [-0.39, 0.29) is 47.7 Å². The highest BCUT2D eigenvalue weighted by Crippen LogP contribution is 2.21. The van der Waals surface area contributed by atoms with Gasteiger partial charge in [0.25, 0.3) is 0 Å². The van der Waals surface area contributed by atoms with Crippen molar-refractivity contribution in [2.75, 3.05) is 20.2 Å². The predicted octanol–water partition coefficient (Wildman–Crippen LogP) is 3.38. The summed E-state index contributed by atoms with van der Waals surface area (Å²) < 4.78 is 5.09. The molecule has 1 saturated heterocycles. The number of nitrogens with zero attached hydrogens (tertiary/aromatic N) is 2. The molecule has 1 heterocycles. The molecule has 0 aromatic carbocycles. The fourth-order valence-electron chi connectivity index (χ4n) is 4.30. The van der Waals surface area contributed by atoms with Gasteiger partial charge in [-0.15, -0.1) is 0 Å². The molecular weight excluding hydrogens is 406 g/mol. The Morgan fingerprint density at radius 3 is 2.22 bits per heavy atom. The lowest BCUT2D eigenvalue weighted by atomic mass is 9.95. The second-order valence-corrected chi connectivity index (χ2v) is 9.83. The van der Waals surface area contributed by atoms with Crippen LogP contribution in [0.4, 0.5) is 0 Å². The van der Waals surface area contributed by atoms with Crippen LogP contribution >= 0.6 is 0 Å². The lowest BCUT2D eigenvalue weighted by molar-refractivity contribution is -0.140. The molecule has 0 bridgehead atoms. The van der Waals surface area contributed by atoms with Crippen LogP contribution in [-0.2, 0) is 19.1 Å². The topological polar surface area (TPSA) is 79.0 Å². The quantitative estimate of drug-likeness (QED) is 0.407. The van der Waals surface area contributed by atoms with Crippen LogP contribution in [0.25, 0.3) is 0 Å². The highest BCUT2D eigenvalue weighted by atomic mass is 16.5. The molecule has 0 aliphatic carbocycles. The van der Waals surface area contributed by atoms with Crippen LogP contribution in [0.1, 0.15) is 74.7 Å². The van der Waals surface area contributed by atoms with Crippen molar-refractivity contribution in [3.05, 3.63) is 11.6 Å². The first-order valence-corrected chi connectivity index (χ1v) is 12.1. The summed E-state index contributed by atoms with van der Waals surface area (Å²) in [6.07, 6.45) is 4.73. The van der Waals surface area contributed by atoms with Gasteiger partial charge in [0.05, 0.1) is 18.7 Å². The highest BCUT2D eigenvalue weighted by molar-refractivity contribution is 5.91. The molecule has 1 rings (SSSR count). The average molecular weight is 452 g/mol. The standard InChI is InChI=1S/C25H45N3O4/c1-10-32-25(31)19(8)15-21(16(2)3)27(9)24(30)22(17(4)5)26-23(29)20-13-11-12-14-28(20)18(6)7/h15-18,20-22H,10-14H2,1-9H3,(H,26,29)/t20?,21-,22+/m1/s1. The minimum absolute atomic E-state index is 0.0621. The van der Waals surface area contributed by atoms with Crippen molar-refractivity contribution < 1.29 is 19.1 Å². The second kappa shape index (κ2) is 13.0. The highest BCUT2D eigenvalue weighted by Gasteiger charge is 2.36. The zero-order valence-corrected chi connectivity index (χ0v) is 21.6.